The molecule has 4 atom stereocenters. The Morgan fingerprint density at radius 1 is 1.48 bits per heavy atom. The maximum atomic E-state index is 12.1. The van der Waals surface area contributed by atoms with Crippen LogP contribution in [-0.4, -0.2) is 57.7 Å². The van der Waals surface area contributed by atoms with Crippen LogP contribution in [0.4, 0.5) is 5.95 Å². The highest BCUT2D eigenvalue weighted by molar-refractivity contribution is 7.51. The first-order valence-corrected chi connectivity index (χ1v) is 9.40. The van der Waals surface area contributed by atoms with Crippen molar-refractivity contribution in [1.82, 2.24) is 28.8 Å². The quantitative estimate of drug-likeness (QED) is 0.398. The summed E-state index contributed by atoms with van der Waals surface area (Å²) in [7, 11) is -4.14. The number of rotatable bonds is 5. The molecule has 3 aromatic rings. The highest BCUT2D eigenvalue weighted by Gasteiger charge is 2.38. The van der Waals surface area contributed by atoms with Crippen molar-refractivity contribution in [3.63, 3.8) is 0 Å². The number of hydrogen-bond acceptors (Lipinski definition) is 9. The Morgan fingerprint density at radius 3 is 3.04 bits per heavy atom. The average molecular weight is 397 g/mol. The summed E-state index contributed by atoms with van der Waals surface area (Å²) in [4.78, 5) is 35.8. The van der Waals surface area contributed by atoms with Crippen molar-refractivity contribution in [1.29, 1.82) is 0 Å². The van der Waals surface area contributed by atoms with Crippen LogP contribution in [0.1, 0.15) is 12.6 Å². The van der Waals surface area contributed by atoms with Gasteiger partial charge in [0.15, 0.2) is 11.2 Å². The summed E-state index contributed by atoms with van der Waals surface area (Å²) < 4.78 is 25.3. The largest absolute Gasteiger partial charge is 0.437 e. The van der Waals surface area contributed by atoms with Gasteiger partial charge in [-0.3, -0.25) is 18.9 Å². The Labute approximate surface area is 151 Å². The summed E-state index contributed by atoms with van der Waals surface area (Å²) in [5, 5.41) is 10.2. The first-order valence-electron chi connectivity index (χ1n) is 7.87. The summed E-state index contributed by atoms with van der Waals surface area (Å²) in [5.74, 6) is -0.0748. The lowest BCUT2D eigenvalue weighted by atomic mass is 10.2. The van der Waals surface area contributed by atoms with E-state index in [0.29, 0.717) is 0 Å². The standard InChI is InChI=1S/C13H16N7O6P/c14-13-17-11-10(12(22)18-13)16-6-20(11)9-3-7(21)8(26-9)4-25-27(23,24)19-2-1-15-5-19/h1-2,5-9,21H,3-4H2,(H,23,24)(H3,14,17,18,22)/t7-,8+,9+/m0/s1. The number of ether oxygens (including phenoxy) is 1. The van der Waals surface area contributed by atoms with Gasteiger partial charge in [-0.1, -0.05) is 0 Å². The van der Waals surface area contributed by atoms with Crippen molar-refractivity contribution in [2.45, 2.75) is 24.9 Å². The second-order valence-electron chi connectivity index (χ2n) is 5.94. The van der Waals surface area contributed by atoms with Gasteiger partial charge >= 0.3 is 7.75 Å². The molecule has 0 bridgehead atoms. The maximum Gasteiger partial charge on any atom is 0.437 e. The number of aliphatic hydroxyl groups is 1. The third-order valence-electron chi connectivity index (χ3n) is 4.15. The Bertz CT molecular complexity index is 1060. The lowest BCUT2D eigenvalue weighted by Crippen LogP contribution is -2.26. The number of aliphatic hydroxyl groups excluding tert-OH is 1. The minimum Gasteiger partial charge on any atom is -0.390 e. The lowest BCUT2D eigenvalue weighted by Gasteiger charge is -2.18. The van der Waals surface area contributed by atoms with Crippen molar-refractivity contribution in [2.24, 2.45) is 0 Å². The fourth-order valence-corrected chi connectivity index (χ4v) is 3.72. The van der Waals surface area contributed by atoms with Crippen LogP contribution in [0.2, 0.25) is 0 Å². The Hall–Kier alpha value is -2.57. The molecule has 4 heterocycles. The molecular formula is C13H16N7O6P. The lowest BCUT2D eigenvalue weighted by molar-refractivity contribution is -0.0400. The Kier molecular flexibility index (Phi) is 4.32. The molecule has 1 unspecified atom stereocenters. The van der Waals surface area contributed by atoms with E-state index < -0.39 is 31.7 Å². The smallest absolute Gasteiger partial charge is 0.390 e. The van der Waals surface area contributed by atoms with E-state index in [2.05, 4.69) is 19.9 Å². The topological polar surface area (TPSA) is 183 Å². The molecule has 0 saturated carbocycles. The number of aromatic nitrogens is 6. The van der Waals surface area contributed by atoms with Crippen LogP contribution in [0, 0.1) is 0 Å². The fraction of sp³-hybridized carbons (Fsp3) is 0.385. The van der Waals surface area contributed by atoms with Crippen molar-refractivity contribution in [3.05, 3.63) is 35.4 Å². The van der Waals surface area contributed by atoms with Crippen LogP contribution < -0.4 is 11.3 Å². The highest BCUT2D eigenvalue weighted by atomic mass is 31.2. The van der Waals surface area contributed by atoms with Crippen LogP contribution in [0.3, 0.4) is 0 Å². The van der Waals surface area contributed by atoms with Crippen molar-refractivity contribution in [2.75, 3.05) is 12.3 Å². The normalized spacial score (nSPS) is 25.0. The first kappa shape index (κ1) is 17.8. The molecule has 5 N–H and O–H groups in total. The third-order valence-corrected chi connectivity index (χ3v) is 5.46. The zero-order chi connectivity index (χ0) is 19.2. The van der Waals surface area contributed by atoms with E-state index in [9.17, 15) is 19.4 Å². The van der Waals surface area contributed by atoms with Gasteiger partial charge in [0, 0.05) is 18.8 Å². The number of fused-ring (bicyclic) bond motifs is 1. The molecule has 0 amide bonds. The number of hydrogen-bond donors (Lipinski definition) is 4. The van der Waals surface area contributed by atoms with Crippen LogP contribution in [-0.2, 0) is 13.8 Å². The third kappa shape index (κ3) is 3.26. The number of nitrogens with zero attached hydrogens (tertiary/aromatic N) is 5. The van der Waals surface area contributed by atoms with Gasteiger partial charge < -0.3 is 20.5 Å². The highest BCUT2D eigenvalue weighted by Crippen LogP contribution is 2.44. The molecule has 1 fully saturated rings. The molecule has 0 spiro atoms. The van der Waals surface area contributed by atoms with Crippen molar-refractivity contribution >= 4 is 24.9 Å². The predicted octanol–water partition coefficient (Wildman–Crippen LogP) is -0.788. The van der Waals surface area contributed by atoms with Gasteiger partial charge in [-0.05, 0) is 0 Å². The molecule has 13 nitrogen and oxygen atoms in total. The second-order valence-corrected chi connectivity index (χ2v) is 7.64. The summed E-state index contributed by atoms with van der Waals surface area (Å²) in [6, 6.07) is 0. The van der Waals surface area contributed by atoms with E-state index in [4.69, 9.17) is 15.0 Å². The summed E-state index contributed by atoms with van der Waals surface area (Å²) in [5.41, 5.74) is 5.37. The van der Waals surface area contributed by atoms with Gasteiger partial charge in [0.25, 0.3) is 5.56 Å². The molecule has 1 aliphatic heterocycles. The van der Waals surface area contributed by atoms with Crippen LogP contribution in [0.5, 0.6) is 0 Å². The molecule has 0 aliphatic carbocycles. The zero-order valence-electron chi connectivity index (χ0n) is 13.7. The summed E-state index contributed by atoms with van der Waals surface area (Å²) in [6.45, 7) is -0.327. The number of anilines is 1. The van der Waals surface area contributed by atoms with Gasteiger partial charge in [-0.15, -0.1) is 0 Å². The van der Waals surface area contributed by atoms with E-state index in [1.807, 2.05) is 0 Å². The van der Waals surface area contributed by atoms with E-state index >= 15 is 0 Å². The van der Waals surface area contributed by atoms with Gasteiger partial charge in [0.2, 0.25) is 5.95 Å². The van der Waals surface area contributed by atoms with Crippen LogP contribution in [0.25, 0.3) is 11.2 Å². The van der Waals surface area contributed by atoms with Gasteiger partial charge in [-0.2, -0.15) is 4.98 Å². The zero-order valence-corrected chi connectivity index (χ0v) is 14.6. The van der Waals surface area contributed by atoms with Crippen LogP contribution in [0.15, 0.2) is 29.8 Å². The molecular weight excluding hydrogens is 381 g/mol. The van der Waals surface area contributed by atoms with Crippen molar-refractivity contribution < 1.29 is 23.8 Å². The van der Waals surface area contributed by atoms with E-state index in [1.165, 1.54) is 23.3 Å². The monoisotopic (exact) mass is 397 g/mol. The molecule has 1 saturated heterocycles. The number of H-pyrrole nitrogens is 1. The van der Waals surface area contributed by atoms with Gasteiger partial charge in [-0.25, -0.2) is 18.9 Å². The van der Waals surface area contributed by atoms with Gasteiger partial charge in [0.1, 0.15) is 18.7 Å². The van der Waals surface area contributed by atoms with E-state index in [-0.39, 0.29) is 30.1 Å². The fourth-order valence-electron chi connectivity index (χ4n) is 2.83. The van der Waals surface area contributed by atoms with E-state index in [1.54, 1.807) is 0 Å². The summed E-state index contributed by atoms with van der Waals surface area (Å²) in [6.07, 6.45) is 2.77. The van der Waals surface area contributed by atoms with Crippen LogP contribution >= 0.6 is 7.75 Å². The average Bonchev–Trinajstić information content (AvgIpc) is 3.32. The molecule has 14 heteroatoms. The molecule has 4 rings (SSSR count). The van der Waals surface area contributed by atoms with E-state index in [0.717, 1.165) is 10.7 Å². The first-order chi connectivity index (χ1) is 12.8. The number of nitrogens with one attached hydrogen (secondary N) is 1. The molecule has 3 aromatic heterocycles. The Balaban J connectivity index is 1.51. The molecule has 0 radical (unpaired) electrons. The predicted molar refractivity (Wildman–Crippen MR) is 90.5 cm³/mol. The number of imidazole rings is 2. The molecule has 1 aliphatic rings. The SMILES string of the molecule is Nc1nc2c(ncn2[C@H]2C[C@H](O)[C@@H](COP(=O)(O)n3ccnc3)O2)c(=O)[nH]1. The molecule has 144 valence electrons. The minimum absolute atomic E-state index is 0.0748. The number of aromatic amines is 1. The molecule has 27 heavy (non-hydrogen) atoms. The van der Waals surface area contributed by atoms with Gasteiger partial charge in [0.05, 0.1) is 19.0 Å². The second kappa shape index (κ2) is 6.55. The molecule has 0 aromatic carbocycles. The summed E-state index contributed by atoms with van der Waals surface area (Å²) >= 11 is 0. The Morgan fingerprint density at radius 2 is 2.30 bits per heavy atom. The number of nitrogens with two attached hydrogens (primary N) is 1. The van der Waals surface area contributed by atoms with Crippen molar-refractivity contribution in [3.8, 4) is 0 Å². The number of nitrogen functional groups attached to an aromatic ring is 1. The minimum atomic E-state index is -4.14. The maximum absolute atomic E-state index is 12.1.